The fourth-order valence-corrected chi connectivity index (χ4v) is 17.8. The zero-order valence-electron chi connectivity index (χ0n) is 42.3. The van der Waals surface area contributed by atoms with Gasteiger partial charge in [0.05, 0.1) is 34.4 Å². The molecule has 10 unspecified atom stereocenters. The van der Waals surface area contributed by atoms with E-state index in [-0.39, 0.29) is 67.8 Å². The maximum absolute atomic E-state index is 15.8. The average Bonchev–Trinajstić information content (AvgIpc) is 3.96. The summed E-state index contributed by atoms with van der Waals surface area (Å²) >= 11 is 0. The largest absolute Gasteiger partial charge is 0.463 e. The number of rotatable bonds is 19. The second-order valence-electron chi connectivity index (χ2n) is 26.4. The Morgan fingerprint density at radius 1 is 0.786 bits per heavy atom. The molecule has 0 radical (unpaired) electrons. The van der Waals surface area contributed by atoms with E-state index in [2.05, 4.69) is 20.8 Å². The van der Waals surface area contributed by atoms with E-state index in [1.165, 1.54) is 20.3 Å². The number of aliphatic hydroxyl groups is 1. The van der Waals surface area contributed by atoms with E-state index in [1.807, 2.05) is 6.92 Å². The second-order valence-corrected chi connectivity index (χ2v) is 27.9. The number of fused-ring (bicyclic) bond motifs is 2. The lowest BCUT2D eigenvalue weighted by molar-refractivity contribution is -0.234. The zero-order chi connectivity index (χ0) is 50.8. The van der Waals surface area contributed by atoms with Crippen molar-refractivity contribution < 1.29 is 74.5 Å². The Kier molecular flexibility index (Phi) is 13.3. The minimum absolute atomic E-state index is 0.0167. The van der Waals surface area contributed by atoms with Crippen molar-refractivity contribution in [1.82, 2.24) is 0 Å². The number of hydrogen-bond donors (Lipinski definition) is 2. The van der Waals surface area contributed by atoms with Crippen molar-refractivity contribution in [2.75, 3.05) is 13.2 Å². The molecule has 1 saturated heterocycles. The molecule has 0 aromatic carbocycles. The summed E-state index contributed by atoms with van der Waals surface area (Å²) < 4.78 is 90.8. The molecule has 10 atom stereocenters. The van der Waals surface area contributed by atoms with E-state index < -0.39 is 103 Å². The first-order chi connectivity index (χ1) is 32.5. The SMILES string of the molecule is CC1C2CCC(C2)C1CC(C)(CC(C)(CC(CC(C)(C)C(=O)OCC(F)(F)S(=O)(=O)O)C(=O)OC12CC3CC(CC(O)(C3)C1)C2)C(=O)OC1CCOC1=O)C(=O)OC1(C(C)C)C2CC3CC(C2)CC1C3. The summed E-state index contributed by atoms with van der Waals surface area (Å²) in [6.07, 6.45) is 9.94. The Morgan fingerprint density at radius 3 is 1.91 bits per heavy atom. The molecule has 0 aromatic rings. The van der Waals surface area contributed by atoms with Crippen molar-refractivity contribution in [3.8, 4) is 0 Å². The third-order valence-corrected chi connectivity index (χ3v) is 21.0. The number of ether oxygens (including phenoxy) is 5. The molecule has 0 amide bonds. The molecule has 0 aromatic heterocycles. The van der Waals surface area contributed by atoms with Crippen LogP contribution in [0.3, 0.4) is 0 Å². The van der Waals surface area contributed by atoms with E-state index in [0.29, 0.717) is 61.7 Å². The Labute approximate surface area is 412 Å². The highest BCUT2D eigenvalue weighted by molar-refractivity contribution is 7.86. The van der Waals surface area contributed by atoms with Gasteiger partial charge in [0.25, 0.3) is 0 Å². The van der Waals surface area contributed by atoms with Crippen LogP contribution in [0.25, 0.3) is 0 Å². The van der Waals surface area contributed by atoms with E-state index >= 15 is 14.4 Å². The van der Waals surface area contributed by atoms with Gasteiger partial charge in [0.1, 0.15) is 11.2 Å². The highest BCUT2D eigenvalue weighted by Gasteiger charge is 2.64. The van der Waals surface area contributed by atoms with Crippen LogP contribution in [-0.4, -0.2) is 89.3 Å². The summed E-state index contributed by atoms with van der Waals surface area (Å²) in [5.41, 5.74) is -7.67. The molecule has 2 N–H and O–H groups in total. The molecule has 10 aliphatic carbocycles. The predicted octanol–water partition coefficient (Wildman–Crippen LogP) is 8.79. The van der Waals surface area contributed by atoms with Gasteiger partial charge in [-0.2, -0.15) is 17.2 Å². The van der Waals surface area contributed by atoms with Crippen LogP contribution in [0.4, 0.5) is 8.78 Å². The molecule has 1 aliphatic heterocycles. The summed E-state index contributed by atoms with van der Waals surface area (Å²) in [6, 6.07) is 0. The fraction of sp³-hybridized carbons (Fsp3) is 0.906. The van der Waals surface area contributed by atoms with Crippen molar-refractivity contribution in [2.24, 2.45) is 87.3 Å². The first-order valence-corrected chi connectivity index (χ1v) is 28.0. The highest BCUT2D eigenvalue weighted by atomic mass is 32.2. The first-order valence-electron chi connectivity index (χ1n) is 26.6. The van der Waals surface area contributed by atoms with Crippen molar-refractivity contribution in [3.05, 3.63) is 0 Å². The Morgan fingerprint density at radius 2 is 1.39 bits per heavy atom. The molecule has 10 saturated carbocycles. The van der Waals surface area contributed by atoms with Gasteiger partial charge in [0, 0.05) is 12.8 Å². The topological polar surface area (TPSA) is 206 Å². The lowest BCUT2D eigenvalue weighted by atomic mass is 9.47. The van der Waals surface area contributed by atoms with Gasteiger partial charge in [0.2, 0.25) is 6.10 Å². The monoisotopic (exact) mass is 1010 g/mol. The number of alkyl halides is 2. The first kappa shape index (κ1) is 52.0. The van der Waals surface area contributed by atoms with E-state index in [0.717, 1.165) is 51.4 Å². The van der Waals surface area contributed by atoms with Crippen molar-refractivity contribution >= 4 is 40.0 Å². The molecule has 11 fully saturated rings. The van der Waals surface area contributed by atoms with Crippen molar-refractivity contribution in [2.45, 2.75) is 199 Å². The summed E-state index contributed by atoms with van der Waals surface area (Å²) in [7, 11) is -5.95. The lowest BCUT2D eigenvalue weighted by Gasteiger charge is -2.62. The van der Waals surface area contributed by atoms with Crippen molar-refractivity contribution in [3.63, 3.8) is 0 Å². The normalized spacial score (nSPS) is 40.4. The van der Waals surface area contributed by atoms with Crippen molar-refractivity contribution in [1.29, 1.82) is 0 Å². The molecule has 17 heteroatoms. The number of hydrogen-bond acceptors (Lipinski definition) is 13. The molecule has 14 nitrogen and oxygen atoms in total. The van der Waals surface area contributed by atoms with Crippen LogP contribution >= 0.6 is 0 Å². The summed E-state index contributed by atoms with van der Waals surface area (Å²) in [5, 5.41) is 6.83. The highest BCUT2D eigenvalue weighted by Crippen LogP contribution is 2.64. The molecule has 394 valence electrons. The molecule has 1 heterocycles. The summed E-state index contributed by atoms with van der Waals surface area (Å²) in [4.78, 5) is 73.0. The number of carbonyl (C=O) groups excluding carboxylic acids is 5. The van der Waals surface area contributed by atoms with Crippen LogP contribution in [-0.2, 0) is 57.8 Å². The maximum Gasteiger partial charge on any atom is 0.402 e. The van der Waals surface area contributed by atoms with Crippen LogP contribution in [0.1, 0.15) is 170 Å². The molecule has 10 bridgehead atoms. The minimum atomic E-state index is -5.95. The summed E-state index contributed by atoms with van der Waals surface area (Å²) in [6.45, 7) is 10.7. The molecule has 70 heavy (non-hydrogen) atoms. The number of carbonyl (C=O) groups is 5. The van der Waals surface area contributed by atoms with Gasteiger partial charge in [-0.3, -0.25) is 23.7 Å². The smallest absolute Gasteiger partial charge is 0.402 e. The van der Waals surface area contributed by atoms with E-state index in [1.54, 1.807) is 6.92 Å². The quantitative estimate of drug-likeness (QED) is 0.0705. The average molecular weight is 1010 g/mol. The minimum Gasteiger partial charge on any atom is -0.463 e. The van der Waals surface area contributed by atoms with E-state index in [9.17, 15) is 31.9 Å². The summed E-state index contributed by atoms with van der Waals surface area (Å²) in [5.74, 6) is -2.30. The number of halogens is 2. The van der Waals surface area contributed by atoms with Crippen LogP contribution < -0.4 is 0 Å². The third-order valence-electron chi connectivity index (χ3n) is 20.1. The molecular formula is C53H78F2O14S. The molecule has 11 aliphatic rings. The lowest BCUT2D eigenvalue weighted by Crippen LogP contribution is -2.63. The van der Waals surface area contributed by atoms with Crippen LogP contribution in [0, 0.1) is 87.3 Å². The molecular weight excluding hydrogens is 931 g/mol. The van der Waals surface area contributed by atoms with Gasteiger partial charge in [-0.25, -0.2) is 4.79 Å². The third kappa shape index (κ3) is 9.46. The number of cyclic esters (lactones) is 1. The van der Waals surface area contributed by atoms with Crippen LogP contribution in [0.5, 0.6) is 0 Å². The van der Waals surface area contributed by atoms with Gasteiger partial charge in [-0.05, 0) is 202 Å². The molecule has 0 spiro atoms. The Bertz CT molecular complexity index is 2170. The van der Waals surface area contributed by atoms with E-state index in [4.69, 9.17) is 28.2 Å². The van der Waals surface area contributed by atoms with Gasteiger partial charge >= 0.3 is 45.2 Å². The zero-order valence-corrected chi connectivity index (χ0v) is 43.1. The molecule has 11 rings (SSSR count). The van der Waals surface area contributed by atoms with Gasteiger partial charge in [0.15, 0.2) is 6.61 Å². The number of esters is 5. The van der Waals surface area contributed by atoms with Crippen LogP contribution in [0.2, 0.25) is 0 Å². The Hall–Kier alpha value is -2.92. The van der Waals surface area contributed by atoms with Crippen LogP contribution in [0.15, 0.2) is 0 Å². The van der Waals surface area contributed by atoms with Gasteiger partial charge in [-0.1, -0.05) is 20.8 Å². The Balaban J connectivity index is 1.09. The van der Waals surface area contributed by atoms with Gasteiger partial charge in [-0.15, -0.1) is 0 Å². The standard InChI is InChI=1S/C53H78F2O14S/c1-29(2)53(38-14-31-12-32(16-38)17-39(53)15-31)69-46(60)49(7,25-40-30(3)35-8-9-36(40)18-35)26-48(6,45(59)67-41-10-11-65-43(41)57)24-37(23-47(4,5)44(58)66-28-52(54,55)70(62,63)64)42(56)68-51-21-33-13-34(22-51)20-50(61,19-33)27-51/h29-41,61H,8-28H2,1-7H3,(H,62,63,64). The van der Waals surface area contributed by atoms with Gasteiger partial charge < -0.3 is 28.8 Å². The maximum atomic E-state index is 15.8. The second kappa shape index (κ2) is 17.9. The predicted molar refractivity (Wildman–Crippen MR) is 248 cm³/mol. The fourth-order valence-electron chi connectivity index (χ4n) is 17.6.